The number of aliphatic hydroxyl groups excluding tert-OH is 1. The molecule has 0 fully saturated rings. The van der Waals surface area contributed by atoms with Crippen LogP contribution in [0.25, 0.3) is 0 Å². The van der Waals surface area contributed by atoms with Gasteiger partial charge in [0.15, 0.2) is 0 Å². The van der Waals surface area contributed by atoms with Crippen LogP contribution in [0.4, 0.5) is 5.69 Å². The number of rotatable bonds is 4. The summed E-state index contributed by atoms with van der Waals surface area (Å²) in [5.74, 6) is 0. The number of aliphatic hydroxyl groups is 1. The average molecular weight is 193 g/mol. The van der Waals surface area contributed by atoms with E-state index < -0.39 is 0 Å². The summed E-state index contributed by atoms with van der Waals surface area (Å²) in [5.41, 5.74) is 2.19. The summed E-state index contributed by atoms with van der Waals surface area (Å²) < 4.78 is 0. The fourth-order valence-corrected chi connectivity index (χ4v) is 1.55. The van der Waals surface area contributed by atoms with Crippen molar-refractivity contribution in [2.24, 2.45) is 0 Å². The van der Waals surface area contributed by atoms with Gasteiger partial charge in [0.1, 0.15) is 0 Å². The van der Waals surface area contributed by atoms with E-state index in [0.717, 1.165) is 18.7 Å². The van der Waals surface area contributed by atoms with Crippen LogP contribution in [-0.4, -0.2) is 18.2 Å². The fourth-order valence-electron chi connectivity index (χ4n) is 1.55. The normalized spacial score (nSPS) is 12.6. The van der Waals surface area contributed by atoms with Gasteiger partial charge in [-0.15, -0.1) is 0 Å². The van der Waals surface area contributed by atoms with Crippen molar-refractivity contribution < 1.29 is 5.11 Å². The minimum absolute atomic E-state index is 0.374. The molecule has 1 aromatic rings. The number of hydrogen-bond acceptors (Lipinski definition) is 2. The van der Waals surface area contributed by atoms with Crippen LogP contribution in [0.5, 0.6) is 0 Å². The topological polar surface area (TPSA) is 23.5 Å². The van der Waals surface area contributed by atoms with Gasteiger partial charge in [0.25, 0.3) is 0 Å². The van der Waals surface area contributed by atoms with Gasteiger partial charge in [0, 0.05) is 18.8 Å². The zero-order valence-corrected chi connectivity index (χ0v) is 9.20. The van der Waals surface area contributed by atoms with Crippen LogP contribution in [0.15, 0.2) is 24.3 Å². The molecule has 0 saturated carbocycles. The second kappa shape index (κ2) is 5.01. The quantitative estimate of drug-likeness (QED) is 0.794. The number of benzene rings is 1. The van der Waals surface area contributed by atoms with Crippen LogP contribution in [0.3, 0.4) is 0 Å². The molecule has 0 aliphatic rings. The highest BCUT2D eigenvalue weighted by molar-refractivity contribution is 5.47. The van der Waals surface area contributed by atoms with Gasteiger partial charge in [-0.25, -0.2) is 0 Å². The Morgan fingerprint density at radius 2 is 1.64 bits per heavy atom. The Morgan fingerprint density at radius 1 is 1.14 bits per heavy atom. The van der Waals surface area contributed by atoms with E-state index in [1.807, 2.05) is 12.1 Å². The predicted molar refractivity (Wildman–Crippen MR) is 60.6 cm³/mol. The fraction of sp³-hybridized carbons (Fsp3) is 0.500. The molecule has 1 atom stereocenters. The Balaban J connectivity index is 2.81. The number of hydrogen-bond donors (Lipinski definition) is 1. The summed E-state index contributed by atoms with van der Waals surface area (Å²) in [7, 11) is 0. The Morgan fingerprint density at radius 3 is 2.00 bits per heavy atom. The van der Waals surface area contributed by atoms with Gasteiger partial charge in [0.2, 0.25) is 0 Å². The first kappa shape index (κ1) is 11.1. The third-order valence-corrected chi connectivity index (χ3v) is 2.50. The van der Waals surface area contributed by atoms with Crippen LogP contribution in [0, 0.1) is 0 Å². The van der Waals surface area contributed by atoms with E-state index in [4.69, 9.17) is 0 Å². The Hall–Kier alpha value is -1.02. The largest absolute Gasteiger partial charge is 0.389 e. The van der Waals surface area contributed by atoms with E-state index in [1.165, 1.54) is 5.69 Å². The third-order valence-electron chi connectivity index (χ3n) is 2.50. The minimum Gasteiger partial charge on any atom is -0.389 e. The molecular formula is C12H19NO. The Kier molecular flexibility index (Phi) is 3.96. The van der Waals surface area contributed by atoms with Gasteiger partial charge in [0.05, 0.1) is 6.10 Å². The first-order valence-electron chi connectivity index (χ1n) is 5.22. The maximum atomic E-state index is 9.35. The van der Waals surface area contributed by atoms with Crippen molar-refractivity contribution in [1.82, 2.24) is 0 Å². The van der Waals surface area contributed by atoms with Crippen molar-refractivity contribution in [3.8, 4) is 0 Å². The van der Waals surface area contributed by atoms with E-state index in [1.54, 1.807) is 6.92 Å². The highest BCUT2D eigenvalue weighted by Crippen LogP contribution is 2.18. The van der Waals surface area contributed by atoms with E-state index in [-0.39, 0.29) is 6.10 Å². The molecule has 0 spiro atoms. The van der Waals surface area contributed by atoms with E-state index >= 15 is 0 Å². The minimum atomic E-state index is -0.374. The van der Waals surface area contributed by atoms with Crippen LogP contribution >= 0.6 is 0 Å². The van der Waals surface area contributed by atoms with Gasteiger partial charge in [-0.1, -0.05) is 12.1 Å². The Bertz CT molecular complexity index is 262. The molecule has 2 nitrogen and oxygen atoms in total. The highest BCUT2D eigenvalue weighted by atomic mass is 16.3. The third kappa shape index (κ3) is 2.48. The summed E-state index contributed by atoms with van der Waals surface area (Å²) in [6, 6.07) is 8.10. The van der Waals surface area contributed by atoms with E-state index in [9.17, 15) is 5.11 Å². The molecular weight excluding hydrogens is 174 g/mol. The number of anilines is 1. The molecule has 0 unspecified atom stereocenters. The lowest BCUT2D eigenvalue weighted by molar-refractivity contribution is 0.199. The summed E-state index contributed by atoms with van der Waals surface area (Å²) in [6.07, 6.45) is -0.374. The lowest BCUT2D eigenvalue weighted by Crippen LogP contribution is -2.21. The van der Waals surface area contributed by atoms with Crippen molar-refractivity contribution in [2.45, 2.75) is 26.9 Å². The summed E-state index contributed by atoms with van der Waals surface area (Å²) in [6.45, 7) is 8.11. The lowest BCUT2D eigenvalue weighted by atomic mass is 10.1. The molecule has 14 heavy (non-hydrogen) atoms. The molecule has 1 N–H and O–H groups in total. The number of nitrogens with zero attached hydrogens (tertiary/aromatic N) is 1. The van der Waals surface area contributed by atoms with Gasteiger partial charge >= 0.3 is 0 Å². The zero-order valence-electron chi connectivity index (χ0n) is 9.20. The van der Waals surface area contributed by atoms with Gasteiger partial charge in [-0.2, -0.15) is 0 Å². The van der Waals surface area contributed by atoms with Gasteiger partial charge in [-0.3, -0.25) is 0 Å². The molecule has 0 aromatic heterocycles. The highest BCUT2D eigenvalue weighted by Gasteiger charge is 2.03. The molecule has 0 bridgehead atoms. The molecule has 0 amide bonds. The summed E-state index contributed by atoms with van der Waals surface area (Å²) in [5, 5.41) is 9.35. The molecule has 1 rings (SSSR count). The molecule has 0 heterocycles. The summed E-state index contributed by atoms with van der Waals surface area (Å²) >= 11 is 0. The zero-order chi connectivity index (χ0) is 10.6. The van der Waals surface area contributed by atoms with Crippen molar-refractivity contribution in [3.05, 3.63) is 29.8 Å². The smallest absolute Gasteiger partial charge is 0.0761 e. The van der Waals surface area contributed by atoms with Crippen molar-refractivity contribution in [2.75, 3.05) is 18.0 Å². The molecule has 0 aliphatic heterocycles. The molecule has 0 saturated heterocycles. The standard InChI is InChI=1S/C12H19NO/c1-4-13(5-2)12-8-6-11(7-9-12)10(3)14/h6-10,14H,4-5H2,1-3H3/t10-/m0/s1. The monoisotopic (exact) mass is 193 g/mol. The Labute approximate surface area is 86.2 Å². The molecule has 78 valence electrons. The maximum absolute atomic E-state index is 9.35. The molecule has 2 heteroatoms. The van der Waals surface area contributed by atoms with Crippen LogP contribution < -0.4 is 4.90 Å². The average Bonchev–Trinajstić information content (AvgIpc) is 2.20. The van der Waals surface area contributed by atoms with Crippen LogP contribution in [0.2, 0.25) is 0 Å². The molecule has 1 aromatic carbocycles. The molecule has 0 radical (unpaired) electrons. The van der Waals surface area contributed by atoms with Crippen LogP contribution in [-0.2, 0) is 0 Å². The first-order chi connectivity index (χ1) is 6.69. The molecule has 0 aliphatic carbocycles. The van der Waals surface area contributed by atoms with Crippen molar-refractivity contribution in [1.29, 1.82) is 0 Å². The lowest BCUT2D eigenvalue weighted by Gasteiger charge is -2.21. The SMILES string of the molecule is CCN(CC)c1ccc([C@H](C)O)cc1. The first-order valence-corrected chi connectivity index (χ1v) is 5.22. The second-order valence-corrected chi connectivity index (χ2v) is 3.44. The summed E-state index contributed by atoms with van der Waals surface area (Å²) in [4.78, 5) is 2.28. The van der Waals surface area contributed by atoms with E-state index in [0.29, 0.717) is 0 Å². The maximum Gasteiger partial charge on any atom is 0.0761 e. The predicted octanol–water partition coefficient (Wildman–Crippen LogP) is 2.59. The van der Waals surface area contributed by atoms with Crippen molar-refractivity contribution >= 4 is 5.69 Å². The van der Waals surface area contributed by atoms with Gasteiger partial charge in [-0.05, 0) is 38.5 Å². The van der Waals surface area contributed by atoms with Gasteiger partial charge < -0.3 is 10.0 Å². The van der Waals surface area contributed by atoms with Crippen molar-refractivity contribution in [3.63, 3.8) is 0 Å². The second-order valence-electron chi connectivity index (χ2n) is 3.44. The van der Waals surface area contributed by atoms with Crippen LogP contribution in [0.1, 0.15) is 32.4 Å². The van der Waals surface area contributed by atoms with E-state index in [2.05, 4.69) is 30.9 Å².